The first kappa shape index (κ1) is 20.9. The van der Waals surface area contributed by atoms with Crippen LogP contribution in [0.2, 0.25) is 5.02 Å². The molecule has 1 aliphatic heterocycles. The molecule has 3 heterocycles. The van der Waals surface area contributed by atoms with Crippen molar-refractivity contribution in [3.63, 3.8) is 0 Å². The van der Waals surface area contributed by atoms with E-state index in [0.29, 0.717) is 36.4 Å². The van der Waals surface area contributed by atoms with E-state index in [1.807, 2.05) is 9.58 Å². The Kier molecular flexibility index (Phi) is 5.63. The molecular weight excluding hydrogens is 482 g/mol. The molecule has 0 aliphatic carbocycles. The summed E-state index contributed by atoms with van der Waals surface area (Å²) in [6.07, 6.45) is 1.89. The number of nitrogens with zero attached hydrogens (tertiary/aromatic N) is 6. The molecular formula is C19H18BrClF2N6O. The van der Waals surface area contributed by atoms with E-state index in [0.717, 1.165) is 18.5 Å². The average Bonchev–Trinajstić information content (AvgIpc) is 3.08. The monoisotopic (exact) mass is 498 g/mol. The van der Waals surface area contributed by atoms with Crippen LogP contribution in [0.4, 0.5) is 14.5 Å². The molecule has 0 fully saturated rings. The molecule has 0 bridgehead atoms. The number of aryl methyl sites for hydroxylation is 1. The van der Waals surface area contributed by atoms with E-state index in [9.17, 15) is 13.6 Å². The molecule has 4 rings (SSSR count). The Morgan fingerprint density at radius 1 is 1.27 bits per heavy atom. The van der Waals surface area contributed by atoms with Crippen molar-refractivity contribution in [1.29, 1.82) is 0 Å². The van der Waals surface area contributed by atoms with E-state index in [1.165, 1.54) is 11.1 Å². The average molecular weight is 500 g/mol. The molecule has 11 heteroatoms. The number of benzene rings is 1. The summed E-state index contributed by atoms with van der Waals surface area (Å²) in [4.78, 5) is 23.0. The van der Waals surface area contributed by atoms with Gasteiger partial charge in [-0.3, -0.25) is 9.48 Å². The molecule has 1 aliphatic rings. The van der Waals surface area contributed by atoms with Gasteiger partial charge >= 0.3 is 6.08 Å². The van der Waals surface area contributed by atoms with Crippen LogP contribution in [0.1, 0.15) is 29.0 Å². The van der Waals surface area contributed by atoms with E-state index in [-0.39, 0.29) is 20.9 Å². The summed E-state index contributed by atoms with van der Waals surface area (Å²) in [5.74, 6) is -0.923. The first-order chi connectivity index (χ1) is 14.3. The summed E-state index contributed by atoms with van der Waals surface area (Å²) < 4.78 is 30.1. The fourth-order valence-electron chi connectivity index (χ4n) is 3.57. The normalized spacial score (nSPS) is 14.4. The second-order valence-corrected chi connectivity index (χ2v) is 8.44. The Bertz CT molecular complexity index is 1150. The summed E-state index contributed by atoms with van der Waals surface area (Å²) in [6, 6.07) is 1.76. The molecule has 30 heavy (non-hydrogen) atoms. The number of aromatic nitrogens is 4. The smallest absolute Gasteiger partial charge is 0.309 e. The van der Waals surface area contributed by atoms with Gasteiger partial charge in [0.05, 0.1) is 27.4 Å². The number of amides is 1. The molecule has 0 atom stereocenters. The van der Waals surface area contributed by atoms with E-state index >= 15 is 0 Å². The SMILES string of the molecule is CN(C)C(=O)c1cc2n(n1)CCCCN(c1c(Cl)c(Br)c(F)c3nc(F)ncc13)C2. The van der Waals surface area contributed by atoms with Crippen molar-refractivity contribution < 1.29 is 13.6 Å². The van der Waals surface area contributed by atoms with E-state index < -0.39 is 11.9 Å². The van der Waals surface area contributed by atoms with Crippen molar-refractivity contribution in [3.8, 4) is 0 Å². The Labute approximate surface area is 184 Å². The minimum absolute atomic E-state index is 0.0174. The van der Waals surface area contributed by atoms with Gasteiger partial charge in [0, 0.05) is 38.8 Å². The summed E-state index contributed by atoms with van der Waals surface area (Å²) in [6.45, 7) is 1.71. The highest BCUT2D eigenvalue weighted by Gasteiger charge is 2.26. The third-order valence-corrected chi connectivity index (χ3v) is 6.36. The van der Waals surface area contributed by atoms with Gasteiger partial charge in [0.2, 0.25) is 0 Å². The molecule has 0 N–H and O–H groups in total. The Morgan fingerprint density at radius 3 is 2.73 bits per heavy atom. The summed E-state index contributed by atoms with van der Waals surface area (Å²) in [5.41, 5.74) is 1.55. The third-order valence-electron chi connectivity index (χ3n) is 5.02. The van der Waals surface area contributed by atoms with Crippen LogP contribution >= 0.6 is 27.5 Å². The lowest BCUT2D eigenvalue weighted by Crippen LogP contribution is -2.28. The first-order valence-corrected chi connectivity index (χ1v) is 10.5. The lowest BCUT2D eigenvalue weighted by molar-refractivity contribution is 0.0821. The first-order valence-electron chi connectivity index (χ1n) is 9.30. The molecule has 2 aromatic heterocycles. The van der Waals surface area contributed by atoms with Gasteiger partial charge in [-0.2, -0.15) is 14.5 Å². The van der Waals surface area contributed by atoms with Gasteiger partial charge in [0.15, 0.2) is 11.5 Å². The zero-order valence-electron chi connectivity index (χ0n) is 16.3. The summed E-state index contributed by atoms with van der Waals surface area (Å²) in [5, 5.41) is 4.93. The Balaban J connectivity index is 1.83. The second-order valence-electron chi connectivity index (χ2n) is 7.26. The van der Waals surface area contributed by atoms with Crippen LogP contribution in [0.15, 0.2) is 16.7 Å². The van der Waals surface area contributed by atoms with Crippen LogP contribution in [-0.4, -0.2) is 51.2 Å². The number of halogens is 4. The highest BCUT2D eigenvalue weighted by Crippen LogP contribution is 2.42. The highest BCUT2D eigenvalue weighted by atomic mass is 79.9. The maximum Gasteiger partial charge on any atom is 0.309 e. The zero-order valence-corrected chi connectivity index (χ0v) is 18.6. The van der Waals surface area contributed by atoms with Crippen LogP contribution in [0.5, 0.6) is 0 Å². The Hall–Kier alpha value is -2.33. The van der Waals surface area contributed by atoms with Crippen molar-refractivity contribution in [2.24, 2.45) is 0 Å². The number of fused-ring (bicyclic) bond motifs is 2. The van der Waals surface area contributed by atoms with Crippen molar-refractivity contribution in [2.75, 3.05) is 25.5 Å². The van der Waals surface area contributed by atoms with Crippen LogP contribution < -0.4 is 4.90 Å². The minimum atomic E-state index is -1.01. The fourth-order valence-corrected chi connectivity index (χ4v) is 4.25. The van der Waals surface area contributed by atoms with Crippen molar-refractivity contribution >= 4 is 50.0 Å². The third kappa shape index (κ3) is 3.62. The van der Waals surface area contributed by atoms with Crippen LogP contribution in [-0.2, 0) is 13.1 Å². The number of hydrogen-bond acceptors (Lipinski definition) is 5. The van der Waals surface area contributed by atoms with Gasteiger partial charge in [-0.05, 0) is 34.8 Å². The molecule has 158 valence electrons. The zero-order chi connectivity index (χ0) is 21.6. The number of hydrogen-bond donors (Lipinski definition) is 0. The van der Waals surface area contributed by atoms with Crippen molar-refractivity contribution in [3.05, 3.63) is 45.0 Å². The quantitative estimate of drug-likeness (QED) is 0.394. The van der Waals surface area contributed by atoms with Crippen molar-refractivity contribution in [2.45, 2.75) is 25.9 Å². The molecule has 0 saturated heterocycles. The summed E-state index contributed by atoms with van der Waals surface area (Å²) in [7, 11) is 3.35. The number of anilines is 1. The van der Waals surface area contributed by atoms with Gasteiger partial charge in [0.1, 0.15) is 5.52 Å². The van der Waals surface area contributed by atoms with Gasteiger partial charge < -0.3 is 9.80 Å². The van der Waals surface area contributed by atoms with Gasteiger partial charge in [-0.15, -0.1) is 0 Å². The van der Waals surface area contributed by atoms with E-state index in [2.05, 4.69) is 31.0 Å². The standard InChI is InChI=1S/C19H18BrClF2N6O/c1-27(2)18(30)12-7-10-9-28(5-3-4-6-29(10)26-12)17-11-8-24-19(23)25-16(11)15(22)13(20)14(17)21/h7-8H,3-6,9H2,1-2H3. The van der Waals surface area contributed by atoms with Crippen LogP contribution in [0, 0.1) is 11.9 Å². The fraction of sp³-hybridized carbons (Fsp3) is 0.368. The molecule has 0 radical (unpaired) electrons. The summed E-state index contributed by atoms with van der Waals surface area (Å²) >= 11 is 9.67. The topological polar surface area (TPSA) is 67.2 Å². The molecule has 1 amide bonds. The largest absolute Gasteiger partial charge is 0.364 e. The lowest BCUT2D eigenvalue weighted by Gasteiger charge is -2.29. The predicted molar refractivity (Wildman–Crippen MR) is 113 cm³/mol. The predicted octanol–water partition coefficient (Wildman–Crippen LogP) is 4.02. The number of carbonyl (C=O) groups excluding carboxylic acids is 1. The highest BCUT2D eigenvalue weighted by molar-refractivity contribution is 9.10. The second kappa shape index (κ2) is 8.07. The van der Waals surface area contributed by atoms with Gasteiger partial charge in [-0.25, -0.2) is 9.37 Å². The van der Waals surface area contributed by atoms with Gasteiger partial charge in [-0.1, -0.05) is 11.6 Å². The minimum Gasteiger partial charge on any atom is -0.364 e. The van der Waals surface area contributed by atoms with Crippen LogP contribution in [0.25, 0.3) is 10.9 Å². The molecule has 7 nitrogen and oxygen atoms in total. The van der Waals surface area contributed by atoms with E-state index in [1.54, 1.807) is 20.2 Å². The van der Waals surface area contributed by atoms with Crippen LogP contribution in [0.3, 0.4) is 0 Å². The maximum absolute atomic E-state index is 14.7. The molecule has 0 unspecified atom stereocenters. The van der Waals surface area contributed by atoms with Gasteiger partial charge in [0.25, 0.3) is 5.91 Å². The number of rotatable bonds is 2. The lowest BCUT2D eigenvalue weighted by atomic mass is 10.1. The molecule has 0 spiro atoms. The van der Waals surface area contributed by atoms with E-state index in [4.69, 9.17) is 11.6 Å². The molecule has 0 saturated carbocycles. The molecule has 1 aromatic carbocycles. The Morgan fingerprint density at radius 2 is 2.00 bits per heavy atom. The number of carbonyl (C=O) groups is 1. The molecule has 3 aromatic rings. The maximum atomic E-state index is 14.7. The van der Waals surface area contributed by atoms with Crippen molar-refractivity contribution in [1.82, 2.24) is 24.6 Å².